The number of unbranched alkanes of at least 4 members (excludes halogenated alkanes) is 5. The summed E-state index contributed by atoms with van der Waals surface area (Å²) in [5.41, 5.74) is -0.497. The van der Waals surface area contributed by atoms with Crippen molar-refractivity contribution in [3.63, 3.8) is 0 Å². The fraction of sp³-hybridized carbons (Fsp3) is 0.500. The zero-order chi connectivity index (χ0) is 14.8. The van der Waals surface area contributed by atoms with Crippen molar-refractivity contribution in [2.45, 2.75) is 51.9 Å². The molecule has 0 bridgehead atoms. The van der Waals surface area contributed by atoms with Crippen molar-refractivity contribution < 1.29 is 14.6 Å². The van der Waals surface area contributed by atoms with Crippen molar-refractivity contribution in [1.82, 2.24) is 0 Å². The third-order valence-corrected chi connectivity index (χ3v) is 3.02. The van der Waals surface area contributed by atoms with E-state index in [2.05, 4.69) is 6.92 Å². The fourth-order valence-electron chi connectivity index (χ4n) is 1.84. The summed E-state index contributed by atoms with van der Waals surface area (Å²) in [6, 6.07) is 5.22. The molecular weight excluding hydrogens is 256 g/mol. The van der Waals surface area contributed by atoms with E-state index in [4.69, 9.17) is 4.74 Å². The first-order valence-electron chi connectivity index (χ1n) is 7.17. The molecule has 1 aromatic carbocycles. The van der Waals surface area contributed by atoms with Crippen molar-refractivity contribution in [3.8, 4) is 11.5 Å². The van der Waals surface area contributed by atoms with E-state index >= 15 is 0 Å². The maximum atomic E-state index is 11.6. The summed E-state index contributed by atoms with van der Waals surface area (Å²) < 4.78 is 5.12. The van der Waals surface area contributed by atoms with Gasteiger partial charge in [0.25, 0.3) is 0 Å². The SMILES string of the molecule is CCCCCCCCC(=O)Oc1ccc(O)c(=O)cc1. The van der Waals surface area contributed by atoms with Crippen LogP contribution >= 0.6 is 0 Å². The Morgan fingerprint density at radius 2 is 1.70 bits per heavy atom. The van der Waals surface area contributed by atoms with Crippen LogP contribution in [0.25, 0.3) is 0 Å². The first kappa shape index (κ1) is 16.2. The zero-order valence-electron chi connectivity index (χ0n) is 11.9. The average Bonchev–Trinajstić information content (AvgIpc) is 2.58. The normalized spacial score (nSPS) is 10.2. The predicted molar refractivity (Wildman–Crippen MR) is 78.0 cm³/mol. The number of rotatable bonds is 8. The zero-order valence-corrected chi connectivity index (χ0v) is 11.9. The molecule has 0 atom stereocenters. The van der Waals surface area contributed by atoms with Gasteiger partial charge in [-0.15, -0.1) is 0 Å². The van der Waals surface area contributed by atoms with Crippen LogP contribution in [0.3, 0.4) is 0 Å². The van der Waals surface area contributed by atoms with E-state index in [1.54, 1.807) is 0 Å². The summed E-state index contributed by atoms with van der Waals surface area (Å²) in [6.45, 7) is 2.17. The second-order valence-corrected chi connectivity index (χ2v) is 4.81. The lowest BCUT2D eigenvalue weighted by atomic mass is 10.1. The molecule has 1 N–H and O–H groups in total. The Kier molecular flexibility index (Phi) is 7.40. The van der Waals surface area contributed by atoms with Gasteiger partial charge in [-0.2, -0.15) is 0 Å². The maximum absolute atomic E-state index is 11.6. The molecule has 1 rings (SSSR count). The first-order valence-corrected chi connectivity index (χ1v) is 7.17. The molecule has 4 nitrogen and oxygen atoms in total. The lowest BCUT2D eigenvalue weighted by Gasteiger charge is -2.02. The number of hydrogen-bond acceptors (Lipinski definition) is 4. The monoisotopic (exact) mass is 278 g/mol. The molecule has 0 aliphatic heterocycles. The van der Waals surface area contributed by atoms with Crippen molar-refractivity contribution in [2.24, 2.45) is 0 Å². The molecule has 20 heavy (non-hydrogen) atoms. The van der Waals surface area contributed by atoms with Crippen molar-refractivity contribution in [1.29, 1.82) is 0 Å². The summed E-state index contributed by atoms with van der Waals surface area (Å²) in [4.78, 5) is 22.8. The number of ether oxygens (including phenoxy) is 1. The van der Waals surface area contributed by atoms with Crippen molar-refractivity contribution >= 4 is 5.97 Å². The standard InChI is InChI=1S/C16H22O4/c1-2-3-4-5-6-7-8-16(19)20-13-9-11-14(17)15(18)12-10-13/h9-12H,2-8H2,1H3,(H,17,18). The third kappa shape index (κ3) is 6.36. The summed E-state index contributed by atoms with van der Waals surface area (Å²) in [6.07, 6.45) is 7.04. The molecule has 0 aliphatic carbocycles. The van der Waals surface area contributed by atoms with E-state index in [9.17, 15) is 14.7 Å². The third-order valence-electron chi connectivity index (χ3n) is 3.02. The lowest BCUT2D eigenvalue weighted by molar-refractivity contribution is -0.134. The lowest BCUT2D eigenvalue weighted by Crippen LogP contribution is -2.07. The quantitative estimate of drug-likeness (QED) is 0.584. The summed E-state index contributed by atoms with van der Waals surface area (Å²) >= 11 is 0. The van der Waals surface area contributed by atoms with Gasteiger partial charge in [-0.1, -0.05) is 39.0 Å². The predicted octanol–water partition coefficient (Wildman–Crippen LogP) is 3.41. The Bertz CT molecular complexity index is 482. The van der Waals surface area contributed by atoms with Crippen LogP contribution in [-0.4, -0.2) is 11.1 Å². The van der Waals surface area contributed by atoms with Crippen LogP contribution in [-0.2, 0) is 4.79 Å². The van der Waals surface area contributed by atoms with Crippen LogP contribution in [0.2, 0.25) is 0 Å². The van der Waals surface area contributed by atoms with E-state index in [1.165, 1.54) is 43.5 Å². The molecule has 1 aromatic rings. The minimum Gasteiger partial charge on any atom is -0.504 e. The van der Waals surface area contributed by atoms with Gasteiger partial charge in [0.1, 0.15) is 5.75 Å². The Morgan fingerprint density at radius 1 is 1.05 bits per heavy atom. The summed E-state index contributed by atoms with van der Waals surface area (Å²) in [7, 11) is 0. The number of carbonyl (C=O) groups is 1. The molecule has 0 fully saturated rings. The van der Waals surface area contributed by atoms with Crippen LogP contribution in [0, 0.1) is 0 Å². The number of hydrogen-bond donors (Lipinski definition) is 1. The molecule has 0 heterocycles. The molecule has 0 amide bonds. The second kappa shape index (κ2) is 9.13. The Balaban J connectivity index is 2.32. The van der Waals surface area contributed by atoms with Gasteiger partial charge in [0.15, 0.2) is 5.75 Å². The van der Waals surface area contributed by atoms with Gasteiger partial charge in [-0.3, -0.25) is 9.59 Å². The molecule has 0 saturated heterocycles. The topological polar surface area (TPSA) is 63.6 Å². The van der Waals surface area contributed by atoms with Crippen molar-refractivity contribution in [2.75, 3.05) is 0 Å². The van der Waals surface area contributed by atoms with Gasteiger partial charge in [-0.25, -0.2) is 0 Å². The van der Waals surface area contributed by atoms with Crippen LogP contribution in [0.5, 0.6) is 11.5 Å². The van der Waals surface area contributed by atoms with Gasteiger partial charge in [0.05, 0.1) is 0 Å². The highest BCUT2D eigenvalue weighted by molar-refractivity contribution is 5.72. The molecule has 0 aliphatic rings. The van der Waals surface area contributed by atoms with Crippen molar-refractivity contribution in [3.05, 3.63) is 34.5 Å². The van der Waals surface area contributed by atoms with E-state index in [-0.39, 0.29) is 17.5 Å². The highest BCUT2D eigenvalue weighted by Crippen LogP contribution is 2.12. The maximum Gasteiger partial charge on any atom is 0.311 e. The summed E-state index contributed by atoms with van der Waals surface area (Å²) in [5.74, 6) is -0.389. The molecular formula is C16H22O4. The van der Waals surface area contributed by atoms with E-state index in [0.717, 1.165) is 19.3 Å². The van der Waals surface area contributed by atoms with Gasteiger partial charge < -0.3 is 9.84 Å². The number of aromatic hydroxyl groups is 1. The van der Waals surface area contributed by atoms with Gasteiger partial charge in [-0.05, 0) is 30.7 Å². The number of esters is 1. The van der Waals surface area contributed by atoms with Crippen LogP contribution in [0.1, 0.15) is 51.9 Å². The van der Waals surface area contributed by atoms with Gasteiger partial charge in [0, 0.05) is 6.42 Å². The Hall–Kier alpha value is -1.84. The number of carbonyl (C=O) groups excluding carboxylic acids is 1. The minimum absolute atomic E-state index is 0.276. The smallest absolute Gasteiger partial charge is 0.311 e. The molecule has 0 aromatic heterocycles. The molecule has 110 valence electrons. The van der Waals surface area contributed by atoms with Crippen LogP contribution in [0.4, 0.5) is 0 Å². The van der Waals surface area contributed by atoms with E-state index in [0.29, 0.717) is 6.42 Å². The minimum atomic E-state index is -0.497. The fourth-order valence-corrected chi connectivity index (χ4v) is 1.84. The highest BCUT2D eigenvalue weighted by atomic mass is 16.5. The highest BCUT2D eigenvalue weighted by Gasteiger charge is 2.04. The van der Waals surface area contributed by atoms with E-state index in [1.807, 2.05) is 0 Å². The molecule has 0 unspecified atom stereocenters. The molecule has 0 spiro atoms. The first-order chi connectivity index (χ1) is 9.63. The van der Waals surface area contributed by atoms with Gasteiger partial charge in [0.2, 0.25) is 5.43 Å². The Morgan fingerprint density at radius 3 is 2.45 bits per heavy atom. The largest absolute Gasteiger partial charge is 0.504 e. The Labute approximate surface area is 119 Å². The van der Waals surface area contributed by atoms with Gasteiger partial charge >= 0.3 is 5.97 Å². The van der Waals surface area contributed by atoms with Crippen LogP contribution < -0.4 is 10.2 Å². The second-order valence-electron chi connectivity index (χ2n) is 4.81. The van der Waals surface area contributed by atoms with Crippen LogP contribution in [0.15, 0.2) is 29.1 Å². The molecule has 0 radical (unpaired) electrons. The molecule has 0 saturated carbocycles. The van der Waals surface area contributed by atoms with E-state index < -0.39 is 5.43 Å². The molecule has 4 heteroatoms. The average molecular weight is 278 g/mol. The summed E-state index contributed by atoms with van der Waals surface area (Å²) in [5, 5.41) is 9.23.